The van der Waals surface area contributed by atoms with Crippen molar-refractivity contribution in [2.45, 2.75) is 19.3 Å². The van der Waals surface area contributed by atoms with Crippen molar-refractivity contribution >= 4 is 51.1 Å². The highest BCUT2D eigenvalue weighted by Crippen LogP contribution is 2.33. The van der Waals surface area contributed by atoms with Crippen LogP contribution in [0.2, 0.25) is 4.34 Å². The first kappa shape index (κ1) is 17.5. The largest absolute Gasteiger partial charge is 0.356 e. The minimum atomic E-state index is -0.177. The summed E-state index contributed by atoms with van der Waals surface area (Å²) < 4.78 is 0.722. The van der Waals surface area contributed by atoms with Crippen LogP contribution in [0.3, 0.4) is 0 Å². The Morgan fingerprint density at radius 1 is 1.19 bits per heavy atom. The molecule has 0 aliphatic carbocycles. The van der Waals surface area contributed by atoms with Gasteiger partial charge in [0.1, 0.15) is 5.82 Å². The fraction of sp³-hybridized carbons (Fsp3) is 0.278. The molecule has 4 heterocycles. The van der Waals surface area contributed by atoms with Gasteiger partial charge in [-0.2, -0.15) is 0 Å². The first-order chi connectivity index (χ1) is 12.7. The van der Waals surface area contributed by atoms with E-state index >= 15 is 0 Å². The third kappa shape index (κ3) is 3.75. The van der Waals surface area contributed by atoms with Crippen molar-refractivity contribution in [2.75, 3.05) is 23.3 Å². The fourth-order valence-electron chi connectivity index (χ4n) is 2.99. The van der Waals surface area contributed by atoms with Crippen molar-refractivity contribution in [3.63, 3.8) is 0 Å². The maximum Gasteiger partial charge on any atom is 0.261 e. The standard InChI is InChI=1S/C18H17ClN4OS2/c19-15-7-6-14(26-15)13-11-25-18(21-13)22-17(24)12-5-4-8-20-16(12)23-9-2-1-3-10-23/h4-8,11H,1-3,9-10H2,(H,21,22,24). The van der Waals surface area contributed by atoms with Crippen molar-refractivity contribution in [1.29, 1.82) is 0 Å². The number of piperidine rings is 1. The van der Waals surface area contributed by atoms with E-state index in [2.05, 4.69) is 20.2 Å². The molecule has 26 heavy (non-hydrogen) atoms. The number of nitrogens with zero attached hydrogens (tertiary/aromatic N) is 3. The normalized spacial score (nSPS) is 14.4. The molecule has 0 radical (unpaired) electrons. The van der Waals surface area contributed by atoms with Crippen LogP contribution in [0.1, 0.15) is 29.6 Å². The molecule has 3 aromatic rings. The van der Waals surface area contributed by atoms with Gasteiger partial charge in [0.05, 0.1) is 20.5 Å². The smallest absolute Gasteiger partial charge is 0.261 e. The second-order valence-electron chi connectivity index (χ2n) is 6.02. The lowest BCUT2D eigenvalue weighted by molar-refractivity contribution is 0.102. The highest BCUT2D eigenvalue weighted by molar-refractivity contribution is 7.20. The van der Waals surface area contributed by atoms with Crippen LogP contribution in [0.5, 0.6) is 0 Å². The number of rotatable bonds is 4. The van der Waals surface area contributed by atoms with Crippen molar-refractivity contribution < 1.29 is 4.79 Å². The zero-order valence-electron chi connectivity index (χ0n) is 13.9. The SMILES string of the molecule is O=C(Nc1nc(-c2ccc(Cl)s2)cs1)c1cccnc1N1CCCCC1. The van der Waals surface area contributed by atoms with E-state index in [4.69, 9.17) is 11.6 Å². The summed E-state index contributed by atoms with van der Waals surface area (Å²) in [6, 6.07) is 7.39. The van der Waals surface area contributed by atoms with Crippen LogP contribution in [-0.2, 0) is 0 Å². The summed E-state index contributed by atoms with van der Waals surface area (Å²) in [5.74, 6) is 0.579. The van der Waals surface area contributed by atoms with Crippen molar-refractivity contribution in [1.82, 2.24) is 9.97 Å². The first-order valence-electron chi connectivity index (χ1n) is 8.43. The number of thiazole rings is 1. The van der Waals surface area contributed by atoms with Gasteiger partial charge in [-0.1, -0.05) is 11.6 Å². The lowest BCUT2D eigenvalue weighted by atomic mass is 10.1. The molecule has 0 saturated carbocycles. The summed E-state index contributed by atoms with van der Waals surface area (Å²) in [7, 11) is 0. The van der Waals surface area contributed by atoms with E-state index in [0.717, 1.165) is 46.7 Å². The Labute approximate surface area is 164 Å². The van der Waals surface area contributed by atoms with E-state index in [-0.39, 0.29) is 5.91 Å². The topological polar surface area (TPSA) is 58.1 Å². The van der Waals surface area contributed by atoms with Gasteiger partial charge in [0.25, 0.3) is 5.91 Å². The molecule has 0 aromatic carbocycles. The van der Waals surface area contributed by atoms with Crippen LogP contribution in [-0.4, -0.2) is 29.0 Å². The van der Waals surface area contributed by atoms with Gasteiger partial charge in [0.2, 0.25) is 0 Å². The molecular weight excluding hydrogens is 388 g/mol. The number of hydrogen-bond donors (Lipinski definition) is 1. The van der Waals surface area contributed by atoms with Crippen LogP contribution in [0.4, 0.5) is 10.9 Å². The average molecular weight is 405 g/mol. The maximum absolute atomic E-state index is 12.8. The Balaban J connectivity index is 1.53. The molecule has 4 rings (SSSR count). The van der Waals surface area contributed by atoms with Crippen LogP contribution < -0.4 is 10.2 Å². The highest BCUT2D eigenvalue weighted by Gasteiger charge is 2.20. The van der Waals surface area contributed by atoms with E-state index in [1.54, 1.807) is 12.3 Å². The number of thiophene rings is 1. The molecule has 1 N–H and O–H groups in total. The molecule has 3 aromatic heterocycles. The van der Waals surface area contributed by atoms with Gasteiger partial charge in [-0.15, -0.1) is 22.7 Å². The summed E-state index contributed by atoms with van der Waals surface area (Å²) in [5, 5.41) is 5.40. The molecule has 5 nitrogen and oxygen atoms in total. The molecule has 0 spiro atoms. The Morgan fingerprint density at radius 3 is 2.81 bits per heavy atom. The Hall–Kier alpha value is -1.96. The summed E-state index contributed by atoms with van der Waals surface area (Å²) in [5.41, 5.74) is 1.41. The highest BCUT2D eigenvalue weighted by atomic mass is 35.5. The number of carbonyl (C=O) groups excluding carboxylic acids is 1. The number of hydrogen-bond acceptors (Lipinski definition) is 6. The van der Waals surface area contributed by atoms with Crippen LogP contribution >= 0.6 is 34.3 Å². The second-order valence-corrected chi connectivity index (χ2v) is 8.59. The molecule has 1 fully saturated rings. The third-order valence-corrected chi connectivity index (χ3v) is 6.25. The maximum atomic E-state index is 12.8. The number of nitrogens with one attached hydrogen (secondary N) is 1. The fourth-order valence-corrected chi connectivity index (χ4v) is 4.78. The van der Waals surface area contributed by atoms with Crippen molar-refractivity contribution in [3.05, 3.63) is 45.7 Å². The van der Waals surface area contributed by atoms with Gasteiger partial charge >= 0.3 is 0 Å². The van der Waals surface area contributed by atoms with E-state index in [1.165, 1.54) is 29.1 Å². The predicted octanol–water partition coefficient (Wildman–Crippen LogP) is 5.16. The van der Waals surface area contributed by atoms with Gasteiger partial charge in [0.15, 0.2) is 5.13 Å². The Morgan fingerprint density at radius 2 is 2.04 bits per heavy atom. The number of halogens is 1. The monoisotopic (exact) mass is 404 g/mol. The summed E-state index contributed by atoms with van der Waals surface area (Å²) in [6.07, 6.45) is 5.25. The van der Waals surface area contributed by atoms with Gasteiger partial charge in [-0.3, -0.25) is 10.1 Å². The number of aromatic nitrogens is 2. The first-order valence-corrected chi connectivity index (χ1v) is 10.5. The molecule has 1 amide bonds. The van der Waals surface area contributed by atoms with Gasteiger partial charge in [-0.25, -0.2) is 9.97 Å². The molecule has 1 aliphatic heterocycles. The zero-order valence-corrected chi connectivity index (χ0v) is 16.3. The van der Waals surface area contributed by atoms with Crippen LogP contribution in [0, 0.1) is 0 Å². The molecule has 8 heteroatoms. The number of amides is 1. The molecule has 134 valence electrons. The lowest BCUT2D eigenvalue weighted by Crippen LogP contribution is -2.32. The third-order valence-electron chi connectivity index (χ3n) is 4.24. The summed E-state index contributed by atoms with van der Waals surface area (Å²) in [4.78, 5) is 24.9. The molecular formula is C18H17ClN4OS2. The van der Waals surface area contributed by atoms with Crippen molar-refractivity contribution in [3.8, 4) is 10.6 Å². The Kier molecular flexibility index (Phi) is 5.19. The van der Waals surface area contributed by atoms with E-state index in [1.807, 2.05) is 23.6 Å². The van der Waals surface area contributed by atoms with Crippen LogP contribution in [0.25, 0.3) is 10.6 Å². The minimum Gasteiger partial charge on any atom is -0.356 e. The quantitative estimate of drug-likeness (QED) is 0.652. The summed E-state index contributed by atoms with van der Waals surface area (Å²) in [6.45, 7) is 1.88. The predicted molar refractivity (Wildman–Crippen MR) is 109 cm³/mol. The number of pyridine rings is 1. The minimum absolute atomic E-state index is 0.177. The van der Waals surface area contributed by atoms with Gasteiger partial charge in [0, 0.05) is 24.7 Å². The number of carbonyl (C=O) groups is 1. The molecule has 0 unspecified atom stereocenters. The van der Waals surface area contributed by atoms with E-state index < -0.39 is 0 Å². The van der Waals surface area contributed by atoms with Crippen LogP contribution in [0.15, 0.2) is 35.8 Å². The zero-order chi connectivity index (χ0) is 17.9. The summed E-state index contributed by atoms with van der Waals surface area (Å²) >= 11 is 8.86. The van der Waals surface area contributed by atoms with Gasteiger partial charge < -0.3 is 4.90 Å². The molecule has 1 aliphatic rings. The Bertz CT molecular complexity index is 917. The van der Waals surface area contributed by atoms with Gasteiger partial charge in [-0.05, 0) is 43.5 Å². The lowest BCUT2D eigenvalue weighted by Gasteiger charge is -2.28. The van der Waals surface area contributed by atoms with E-state index in [9.17, 15) is 4.79 Å². The molecule has 0 atom stereocenters. The average Bonchev–Trinajstić information content (AvgIpc) is 3.31. The molecule has 0 bridgehead atoms. The second kappa shape index (κ2) is 7.73. The molecule has 1 saturated heterocycles. The van der Waals surface area contributed by atoms with Crippen molar-refractivity contribution in [2.24, 2.45) is 0 Å². The van der Waals surface area contributed by atoms with E-state index in [0.29, 0.717) is 10.7 Å². The number of anilines is 2.